The molecule has 0 unspecified atom stereocenters. The van der Waals surface area contributed by atoms with E-state index in [-0.39, 0.29) is 0 Å². The lowest BCUT2D eigenvalue weighted by molar-refractivity contribution is 0.286. The van der Waals surface area contributed by atoms with E-state index < -0.39 is 0 Å². The molecule has 0 amide bonds. The van der Waals surface area contributed by atoms with Gasteiger partial charge in [-0.1, -0.05) is 23.2 Å². The van der Waals surface area contributed by atoms with Gasteiger partial charge in [0.15, 0.2) is 5.82 Å². The van der Waals surface area contributed by atoms with E-state index in [2.05, 4.69) is 15.1 Å². The fourth-order valence-electron chi connectivity index (χ4n) is 2.65. The largest absolute Gasteiger partial charge is 0.471 e. The van der Waals surface area contributed by atoms with Gasteiger partial charge in [0, 0.05) is 16.8 Å². The van der Waals surface area contributed by atoms with Crippen LogP contribution in [0.15, 0.2) is 47.7 Å². The summed E-state index contributed by atoms with van der Waals surface area (Å²) in [4.78, 5) is 8.94. The summed E-state index contributed by atoms with van der Waals surface area (Å²) in [6, 6.07) is 9.12. The fraction of sp³-hybridized carbons (Fsp3) is 0.118. The van der Waals surface area contributed by atoms with E-state index in [1.807, 2.05) is 25.1 Å². The van der Waals surface area contributed by atoms with Crippen LogP contribution in [0.3, 0.4) is 0 Å². The molecule has 0 saturated heterocycles. The van der Waals surface area contributed by atoms with Crippen molar-refractivity contribution in [3.63, 3.8) is 0 Å². The number of hydrogen-bond donors (Lipinski definition) is 0. The van der Waals surface area contributed by atoms with Crippen LogP contribution in [-0.2, 0) is 11.3 Å². The first-order valence-electron chi connectivity index (χ1n) is 7.29. The molecule has 0 fully saturated rings. The number of fused-ring (bicyclic) bond motifs is 1. The zero-order valence-corrected chi connectivity index (χ0v) is 14.2. The van der Waals surface area contributed by atoms with Gasteiger partial charge in [0.2, 0.25) is 5.90 Å². The number of rotatable bonds is 2. The Morgan fingerprint density at radius 3 is 2.88 bits per heavy atom. The summed E-state index contributed by atoms with van der Waals surface area (Å²) < 4.78 is 7.44. The van der Waals surface area contributed by atoms with Gasteiger partial charge in [-0.15, -0.1) is 0 Å². The molecule has 1 aliphatic heterocycles. The summed E-state index contributed by atoms with van der Waals surface area (Å²) in [5.41, 5.74) is 3.53. The Labute approximate surface area is 148 Å². The maximum Gasteiger partial charge on any atom is 0.241 e. The quantitative estimate of drug-likeness (QED) is 0.677. The van der Waals surface area contributed by atoms with Crippen molar-refractivity contribution < 1.29 is 4.74 Å². The average Bonchev–Trinajstić information content (AvgIpc) is 3.04. The molecule has 1 aromatic carbocycles. The van der Waals surface area contributed by atoms with Crippen molar-refractivity contribution in [2.45, 2.75) is 13.5 Å². The predicted octanol–water partition coefficient (Wildman–Crippen LogP) is 4.49. The SMILES string of the molecule is Cc1cc(Cl)cc2c1N=C(c1ccnn1-c1ncccc1Cl)OC2. The second kappa shape index (κ2) is 5.92. The average molecular weight is 359 g/mol. The Kier molecular flexibility index (Phi) is 3.75. The number of nitrogens with zero attached hydrogens (tertiary/aromatic N) is 4. The van der Waals surface area contributed by atoms with Crippen LogP contribution in [0.1, 0.15) is 16.8 Å². The Bertz CT molecular complexity index is 965. The lowest BCUT2D eigenvalue weighted by Gasteiger charge is -2.19. The third-order valence-corrected chi connectivity index (χ3v) is 4.24. The van der Waals surface area contributed by atoms with Crippen LogP contribution in [0.2, 0.25) is 10.0 Å². The third kappa shape index (κ3) is 2.56. The molecular weight excluding hydrogens is 347 g/mol. The first-order valence-corrected chi connectivity index (χ1v) is 8.05. The number of pyridine rings is 1. The number of benzene rings is 1. The van der Waals surface area contributed by atoms with Gasteiger partial charge >= 0.3 is 0 Å². The smallest absolute Gasteiger partial charge is 0.241 e. The molecule has 7 heteroatoms. The number of ether oxygens (including phenoxy) is 1. The zero-order chi connectivity index (χ0) is 16.7. The second-order valence-electron chi connectivity index (χ2n) is 5.37. The Balaban J connectivity index is 1.83. The Morgan fingerprint density at radius 2 is 2.04 bits per heavy atom. The molecular formula is C17H12Cl2N4O. The molecule has 0 saturated carbocycles. The van der Waals surface area contributed by atoms with Crippen molar-refractivity contribution in [2.75, 3.05) is 0 Å². The van der Waals surface area contributed by atoms with E-state index in [1.165, 1.54) is 0 Å². The molecule has 120 valence electrons. The van der Waals surface area contributed by atoms with Gasteiger partial charge in [-0.25, -0.2) is 14.7 Å². The minimum absolute atomic E-state index is 0.400. The fourth-order valence-corrected chi connectivity index (χ4v) is 3.15. The highest BCUT2D eigenvalue weighted by molar-refractivity contribution is 6.32. The molecule has 0 atom stereocenters. The molecule has 3 aromatic rings. The topological polar surface area (TPSA) is 52.3 Å². The van der Waals surface area contributed by atoms with Crippen LogP contribution in [0.4, 0.5) is 5.69 Å². The molecule has 0 N–H and O–H groups in total. The van der Waals surface area contributed by atoms with Crippen molar-refractivity contribution in [3.8, 4) is 5.82 Å². The van der Waals surface area contributed by atoms with Crippen molar-refractivity contribution in [1.29, 1.82) is 0 Å². The molecule has 3 heterocycles. The van der Waals surface area contributed by atoms with Crippen LogP contribution in [-0.4, -0.2) is 20.7 Å². The summed E-state index contributed by atoms with van der Waals surface area (Å²) in [5.74, 6) is 1.01. The van der Waals surface area contributed by atoms with Crippen molar-refractivity contribution in [3.05, 3.63) is 69.6 Å². The Hall–Kier alpha value is -2.37. The summed E-state index contributed by atoms with van der Waals surface area (Å²) >= 11 is 12.3. The number of aromatic nitrogens is 3. The monoisotopic (exact) mass is 358 g/mol. The highest BCUT2D eigenvalue weighted by atomic mass is 35.5. The van der Waals surface area contributed by atoms with Crippen molar-refractivity contribution >= 4 is 34.8 Å². The molecule has 2 aromatic heterocycles. The zero-order valence-electron chi connectivity index (χ0n) is 12.7. The summed E-state index contributed by atoms with van der Waals surface area (Å²) in [6.07, 6.45) is 3.33. The standard InChI is InChI=1S/C17H12Cl2N4O/c1-10-7-12(18)8-11-9-24-17(22-15(10)11)14-4-6-21-23(14)16-13(19)3-2-5-20-16/h2-8H,9H2,1H3. The maximum atomic E-state index is 6.23. The Morgan fingerprint density at radius 1 is 1.17 bits per heavy atom. The van der Waals surface area contributed by atoms with Gasteiger partial charge in [0.25, 0.3) is 0 Å². The van der Waals surface area contributed by atoms with Crippen LogP contribution < -0.4 is 0 Å². The van der Waals surface area contributed by atoms with Gasteiger partial charge in [-0.2, -0.15) is 5.10 Å². The van der Waals surface area contributed by atoms with Gasteiger partial charge in [-0.3, -0.25) is 0 Å². The normalized spacial score (nSPS) is 13.2. The minimum Gasteiger partial charge on any atom is -0.471 e. The van der Waals surface area contributed by atoms with Gasteiger partial charge < -0.3 is 4.74 Å². The van der Waals surface area contributed by atoms with E-state index in [9.17, 15) is 0 Å². The summed E-state index contributed by atoms with van der Waals surface area (Å²) in [7, 11) is 0. The van der Waals surface area contributed by atoms with Crippen LogP contribution in [0, 0.1) is 6.92 Å². The van der Waals surface area contributed by atoms with E-state index >= 15 is 0 Å². The number of halogens is 2. The van der Waals surface area contributed by atoms with Gasteiger partial charge in [0.05, 0.1) is 16.9 Å². The third-order valence-electron chi connectivity index (χ3n) is 3.72. The first-order chi connectivity index (χ1) is 11.6. The number of hydrogen-bond acceptors (Lipinski definition) is 4. The number of aryl methyl sites for hydroxylation is 1. The highest BCUT2D eigenvalue weighted by Crippen LogP contribution is 2.33. The minimum atomic E-state index is 0.400. The molecule has 1 aliphatic rings. The lowest BCUT2D eigenvalue weighted by atomic mass is 10.1. The summed E-state index contributed by atoms with van der Waals surface area (Å²) in [6.45, 7) is 2.38. The molecule has 0 aliphatic carbocycles. The molecule has 24 heavy (non-hydrogen) atoms. The van der Waals surface area contributed by atoms with Crippen LogP contribution >= 0.6 is 23.2 Å². The lowest BCUT2D eigenvalue weighted by Crippen LogP contribution is -2.17. The highest BCUT2D eigenvalue weighted by Gasteiger charge is 2.21. The molecule has 0 radical (unpaired) electrons. The van der Waals surface area contributed by atoms with Crippen molar-refractivity contribution in [1.82, 2.24) is 14.8 Å². The van der Waals surface area contributed by atoms with Gasteiger partial charge in [0.1, 0.15) is 12.3 Å². The van der Waals surface area contributed by atoms with E-state index in [0.29, 0.717) is 34.1 Å². The van der Waals surface area contributed by atoms with Gasteiger partial charge in [-0.05, 0) is 42.8 Å². The summed E-state index contributed by atoms with van der Waals surface area (Å²) in [5, 5.41) is 5.48. The second-order valence-corrected chi connectivity index (χ2v) is 6.22. The van der Waals surface area contributed by atoms with E-state index in [0.717, 1.165) is 16.8 Å². The maximum absolute atomic E-state index is 6.23. The molecule has 0 spiro atoms. The van der Waals surface area contributed by atoms with Crippen molar-refractivity contribution in [2.24, 2.45) is 4.99 Å². The molecule has 4 rings (SSSR count). The van der Waals surface area contributed by atoms with Crippen LogP contribution in [0.25, 0.3) is 5.82 Å². The van der Waals surface area contributed by atoms with E-state index in [1.54, 1.807) is 29.2 Å². The molecule has 5 nitrogen and oxygen atoms in total. The van der Waals surface area contributed by atoms with E-state index in [4.69, 9.17) is 27.9 Å². The predicted molar refractivity (Wildman–Crippen MR) is 93.5 cm³/mol. The van der Waals surface area contributed by atoms with Crippen LogP contribution in [0.5, 0.6) is 0 Å². The number of aliphatic imine (C=N–C) groups is 1. The first kappa shape index (κ1) is 15.2. The molecule has 0 bridgehead atoms.